The molecular weight excluding hydrogens is 238 g/mol. The number of likely N-dealkylation sites (N-methyl/N-ethyl adjacent to an activating group) is 2. The van der Waals surface area contributed by atoms with E-state index in [1.54, 1.807) is 4.90 Å². The zero-order valence-electron chi connectivity index (χ0n) is 12.2. The van der Waals surface area contributed by atoms with Gasteiger partial charge in [0.05, 0.1) is 6.54 Å². The molecule has 0 radical (unpaired) electrons. The van der Waals surface area contributed by atoms with Crippen molar-refractivity contribution in [3.8, 4) is 0 Å². The van der Waals surface area contributed by atoms with Crippen molar-refractivity contribution < 1.29 is 4.79 Å². The highest BCUT2D eigenvalue weighted by molar-refractivity contribution is 5.77. The summed E-state index contributed by atoms with van der Waals surface area (Å²) in [5, 5.41) is 3.11. The molecule has 0 aromatic heterocycles. The summed E-state index contributed by atoms with van der Waals surface area (Å²) in [6.45, 7) is 3.07. The molecule has 0 aliphatic heterocycles. The van der Waals surface area contributed by atoms with E-state index >= 15 is 0 Å². The number of nitrogens with zero attached hydrogens (tertiary/aromatic N) is 2. The molecule has 0 fully saturated rings. The van der Waals surface area contributed by atoms with Gasteiger partial charge in [0.2, 0.25) is 5.91 Å². The molecule has 106 valence electrons. The fourth-order valence-corrected chi connectivity index (χ4v) is 1.90. The molecule has 4 nitrogen and oxygen atoms in total. The van der Waals surface area contributed by atoms with E-state index in [0.717, 1.165) is 25.1 Å². The quantitative estimate of drug-likeness (QED) is 0.716. The van der Waals surface area contributed by atoms with Crippen LogP contribution in [0, 0.1) is 0 Å². The average Bonchev–Trinajstić information content (AvgIpc) is 2.40. The first-order valence-corrected chi connectivity index (χ1v) is 6.74. The lowest BCUT2D eigenvalue weighted by Crippen LogP contribution is -2.37. The molecule has 0 atom stereocenters. The zero-order chi connectivity index (χ0) is 14.1. The maximum Gasteiger partial charge on any atom is 0.236 e. The van der Waals surface area contributed by atoms with Crippen molar-refractivity contribution in [2.45, 2.75) is 13.0 Å². The lowest BCUT2D eigenvalue weighted by Gasteiger charge is -2.22. The third-order valence-corrected chi connectivity index (χ3v) is 3.06. The van der Waals surface area contributed by atoms with Crippen molar-refractivity contribution in [1.29, 1.82) is 0 Å². The van der Waals surface area contributed by atoms with Gasteiger partial charge in [-0.2, -0.15) is 0 Å². The normalized spacial score (nSPS) is 10.7. The standard InChI is InChI=1S/C15H25N3O/c1-16-10-7-11-17(2)13-15(19)18(3)12-14-8-5-4-6-9-14/h4-6,8-9,16H,7,10-13H2,1-3H3. The summed E-state index contributed by atoms with van der Waals surface area (Å²) < 4.78 is 0. The summed E-state index contributed by atoms with van der Waals surface area (Å²) >= 11 is 0. The van der Waals surface area contributed by atoms with Crippen molar-refractivity contribution in [1.82, 2.24) is 15.1 Å². The van der Waals surface area contributed by atoms with Crippen molar-refractivity contribution in [2.75, 3.05) is 40.8 Å². The van der Waals surface area contributed by atoms with Crippen molar-refractivity contribution in [2.24, 2.45) is 0 Å². The van der Waals surface area contributed by atoms with Gasteiger partial charge in [0.1, 0.15) is 0 Å². The minimum absolute atomic E-state index is 0.163. The predicted molar refractivity (Wildman–Crippen MR) is 79.0 cm³/mol. The number of amides is 1. The maximum absolute atomic E-state index is 12.1. The lowest BCUT2D eigenvalue weighted by molar-refractivity contribution is -0.131. The van der Waals surface area contributed by atoms with Gasteiger partial charge in [0.25, 0.3) is 0 Å². The van der Waals surface area contributed by atoms with Gasteiger partial charge in [0.15, 0.2) is 0 Å². The fraction of sp³-hybridized carbons (Fsp3) is 0.533. The SMILES string of the molecule is CNCCCN(C)CC(=O)N(C)Cc1ccccc1. The van der Waals surface area contributed by atoms with E-state index in [2.05, 4.69) is 10.2 Å². The fourth-order valence-electron chi connectivity index (χ4n) is 1.90. The number of hydrogen-bond donors (Lipinski definition) is 1. The van der Waals surface area contributed by atoms with Gasteiger partial charge in [-0.25, -0.2) is 0 Å². The molecule has 0 saturated carbocycles. The van der Waals surface area contributed by atoms with Crippen molar-refractivity contribution in [3.05, 3.63) is 35.9 Å². The van der Waals surface area contributed by atoms with Gasteiger partial charge in [-0.15, -0.1) is 0 Å². The van der Waals surface area contributed by atoms with Gasteiger partial charge in [-0.05, 0) is 39.2 Å². The first-order chi connectivity index (χ1) is 9.13. The Balaban J connectivity index is 2.32. The highest BCUT2D eigenvalue weighted by atomic mass is 16.2. The van der Waals surface area contributed by atoms with Crippen LogP contribution in [0.5, 0.6) is 0 Å². The van der Waals surface area contributed by atoms with Crippen LogP contribution in [0.2, 0.25) is 0 Å². The summed E-state index contributed by atoms with van der Waals surface area (Å²) in [7, 11) is 5.79. The zero-order valence-corrected chi connectivity index (χ0v) is 12.2. The Bertz CT molecular complexity index is 367. The molecule has 1 aromatic rings. The first-order valence-electron chi connectivity index (χ1n) is 6.74. The molecule has 0 bridgehead atoms. The van der Waals surface area contributed by atoms with Gasteiger partial charge in [-0.3, -0.25) is 9.69 Å². The first kappa shape index (κ1) is 15.7. The largest absolute Gasteiger partial charge is 0.340 e. The van der Waals surface area contributed by atoms with Gasteiger partial charge in [-0.1, -0.05) is 30.3 Å². The van der Waals surface area contributed by atoms with E-state index in [1.807, 2.05) is 51.5 Å². The molecule has 4 heteroatoms. The number of carbonyl (C=O) groups excluding carboxylic acids is 1. The Morgan fingerprint density at radius 1 is 1.21 bits per heavy atom. The molecular formula is C15H25N3O. The highest BCUT2D eigenvalue weighted by Crippen LogP contribution is 2.03. The molecule has 1 N–H and O–H groups in total. The van der Waals surface area contributed by atoms with E-state index in [4.69, 9.17) is 0 Å². The Kier molecular flexibility index (Phi) is 7.15. The van der Waals surface area contributed by atoms with Gasteiger partial charge < -0.3 is 10.2 Å². The van der Waals surface area contributed by atoms with Gasteiger partial charge in [0, 0.05) is 13.6 Å². The summed E-state index contributed by atoms with van der Waals surface area (Å²) in [6.07, 6.45) is 1.06. The minimum Gasteiger partial charge on any atom is -0.340 e. The van der Waals surface area contributed by atoms with Crippen LogP contribution in [0.25, 0.3) is 0 Å². The van der Waals surface area contributed by atoms with Crippen molar-refractivity contribution in [3.63, 3.8) is 0 Å². The van der Waals surface area contributed by atoms with E-state index in [1.165, 1.54) is 0 Å². The van der Waals surface area contributed by atoms with Crippen LogP contribution in [0.4, 0.5) is 0 Å². The third kappa shape index (κ3) is 6.36. The Labute approximate surface area is 116 Å². The molecule has 0 spiro atoms. The summed E-state index contributed by atoms with van der Waals surface area (Å²) in [5.41, 5.74) is 1.16. The molecule has 19 heavy (non-hydrogen) atoms. The minimum atomic E-state index is 0.163. The molecule has 1 rings (SSSR count). The van der Waals surface area contributed by atoms with Crippen LogP contribution in [0.1, 0.15) is 12.0 Å². The summed E-state index contributed by atoms with van der Waals surface area (Å²) in [6, 6.07) is 10.1. The maximum atomic E-state index is 12.1. The smallest absolute Gasteiger partial charge is 0.236 e. The Hall–Kier alpha value is -1.39. The molecule has 0 heterocycles. The number of hydrogen-bond acceptors (Lipinski definition) is 3. The second kappa shape index (κ2) is 8.67. The third-order valence-electron chi connectivity index (χ3n) is 3.06. The van der Waals surface area contributed by atoms with Crippen LogP contribution in [-0.4, -0.2) is 56.5 Å². The predicted octanol–water partition coefficient (Wildman–Crippen LogP) is 1.19. The van der Waals surface area contributed by atoms with Crippen LogP contribution >= 0.6 is 0 Å². The Morgan fingerprint density at radius 2 is 1.89 bits per heavy atom. The van der Waals surface area contributed by atoms with Crippen LogP contribution in [0.3, 0.4) is 0 Å². The number of benzene rings is 1. The topological polar surface area (TPSA) is 35.6 Å². The number of rotatable bonds is 8. The monoisotopic (exact) mass is 263 g/mol. The molecule has 0 unspecified atom stereocenters. The molecule has 0 saturated heterocycles. The Morgan fingerprint density at radius 3 is 2.53 bits per heavy atom. The second-order valence-electron chi connectivity index (χ2n) is 4.93. The lowest BCUT2D eigenvalue weighted by atomic mass is 10.2. The molecule has 0 aliphatic rings. The molecule has 1 aromatic carbocycles. The van der Waals surface area contributed by atoms with Crippen LogP contribution in [0.15, 0.2) is 30.3 Å². The van der Waals surface area contributed by atoms with Crippen LogP contribution in [-0.2, 0) is 11.3 Å². The van der Waals surface area contributed by atoms with E-state index in [0.29, 0.717) is 13.1 Å². The van der Waals surface area contributed by atoms with Crippen LogP contribution < -0.4 is 5.32 Å². The van der Waals surface area contributed by atoms with E-state index < -0.39 is 0 Å². The molecule has 0 aliphatic carbocycles. The van der Waals surface area contributed by atoms with Crippen molar-refractivity contribution >= 4 is 5.91 Å². The number of nitrogens with one attached hydrogen (secondary N) is 1. The number of carbonyl (C=O) groups is 1. The summed E-state index contributed by atoms with van der Waals surface area (Å²) in [4.78, 5) is 15.9. The van der Waals surface area contributed by atoms with E-state index in [-0.39, 0.29) is 5.91 Å². The second-order valence-corrected chi connectivity index (χ2v) is 4.93. The van der Waals surface area contributed by atoms with Gasteiger partial charge >= 0.3 is 0 Å². The van der Waals surface area contributed by atoms with E-state index in [9.17, 15) is 4.79 Å². The molecule has 1 amide bonds. The summed E-state index contributed by atoms with van der Waals surface area (Å²) in [5.74, 6) is 0.163. The highest BCUT2D eigenvalue weighted by Gasteiger charge is 2.11. The average molecular weight is 263 g/mol.